The predicted molar refractivity (Wildman–Crippen MR) is 56.5 cm³/mol. The number of aromatic nitrogens is 1. The first-order chi connectivity index (χ1) is 6.86. The summed E-state index contributed by atoms with van der Waals surface area (Å²) in [6.45, 7) is 1.99. The Balaban J connectivity index is 1.85. The van der Waals surface area contributed by atoms with Gasteiger partial charge in [0.15, 0.2) is 0 Å². The molecule has 0 aromatic carbocycles. The van der Waals surface area contributed by atoms with E-state index in [1.165, 1.54) is 0 Å². The standard InChI is InChI=1S/C11H15N3/c12-11-5-3-8-14(11)9-6-10-4-1-2-7-13-10/h1-2,4,7,12H,3,5-6,8-9H2. The van der Waals surface area contributed by atoms with Crippen LogP contribution in [0.2, 0.25) is 0 Å². The number of likely N-dealkylation sites (tertiary alicyclic amines) is 1. The van der Waals surface area contributed by atoms with Crippen molar-refractivity contribution in [1.29, 1.82) is 5.41 Å². The molecule has 2 heterocycles. The van der Waals surface area contributed by atoms with E-state index >= 15 is 0 Å². The largest absolute Gasteiger partial charge is 0.360 e. The molecule has 0 aliphatic carbocycles. The molecule has 1 fully saturated rings. The van der Waals surface area contributed by atoms with Crippen LogP contribution in [0, 0.1) is 5.41 Å². The number of pyridine rings is 1. The van der Waals surface area contributed by atoms with E-state index in [9.17, 15) is 0 Å². The highest BCUT2D eigenvalue weighted by Gasteiger charge is 2.15. The minimum atomic E-state index is 0.793. The average Bonchev–Trinajstić information content (AvgIpc) is 2.63. The molecule has 2 rings (SSSR count). The molecule has 1 aliphatic heterocycles. The molecule has 0 bridgehead atoms. The summed E-state index contributed by atoms with van der Waals surface area (Å²) in [6.07, 6.45) is 4.86. The summed E-state index contributed by atoms with van der Waals surface area (Å²) in [4.78, 5) is 6.42. The van der Waals surface area contributed by atoms with Crippen molar-refractivity contribution in [2.24, 2.45) is 0 Å². The van der Waals surface area contributed by atoms with Gasteiger partial charge in [-0.25, -0.2) is 0 Å². The highest BCUT2D eigenvalue weighted by atomic mass is 15.2. The maximum Gasteiger partial charge on any atom is 0.0958 e. The molecule has 0 saturated carbocycles. The van der Waals surface area contributed by atoms with E-state index in [2.05, 4.69) is 9.88 Å². The molecule has 3 heteroatoms. The number of hydrogen-bond donors (Lipinski definition) is 1. The summed E-state index contributed by atoms with van der Waals surface area (Å²) in [7, 11) is 0. The zero-order valence-electron chi connectivity index (χ0n) is 8.24. The molecule has 1 aliphatic rings. The second kappa shape index (κ2) is 4.22. The van der Waals surface area contributed by atoms with E-state index < -0.39 is 0 Å². The Morgan fingerprint density at radius 1 is 1.43 bits per heavy atom. The maximum absolute atomic E-state index is 7.68. The lowest BCUT2D eigenvalue weighted by Crippen LogP contribution is -2.26. The van der Waals surface area contributed by atoms with Crippen LogP contribution in [0.3, 0.4) is 0 Å². The predicted octanol–water partition coefficient (Wildman–Crippen LogP) is 1.70. The van der Waals surface area contributed by atoms with E-state index in [0.29, 0.717) is 0 Å². The molecule has 14 heavy (non-hydrogen) atoms. The SMILES string of the molecule is N=C1CCCN1CCc1ccccn1. The Morgan fingerprint density at radius 3 is 3.00 bits per heavy atom. The van der Waals surface area contributed by atoms with Crippen LogP contribution >= 0.6 is 0 Å². The lowest BCUT2D eigenvalue weighted by molar-refractivity contribution is 0.453. The number of rotatable bonds is 3. The van der Waals surface area contributed by atoms with Gasteiger partial charge in [0.25, 0.3) is 0 Å². The molecule has 1 aromatic rings. The van der Waals surface area contributed by atoms with E-state index in [1.54, 1.807) is 0 Å². The van der Waals surface area contributed by atoms with E-state index in [4.69, 9.17) is 5.41 Å². The van der Waals surface area contributed by atoms with Crippen LogP contribution in [0.5, 0.6) is 0 Å². The van der Waals surface area contributed by atoms with Crippen molar-refractivity contribution in [3.05, 3.63) is 30.1 Å². The lowest BCUT2D eigenvalue weighted by Gasteiger charge is -2.16. The highest BCUT2D eigenvalue weighted by Crippen LogP contribution is 2.10. The zero-order valence-corrected chi connectivity index (χ0v) is 8.24. The number of nitrogens with one attached hydrogen (secondary N) is 1. The third-order valence-electron chi connectivity index (χ3n) is 2.59. The lowest BCUT2D eigenvalue weighted by atomic mass is 10.2. The van der Waals surface area contributed by atoms with Crippen molar-refractivity contribution < 1.29 is 0 Å². The average molecular weight is 189 g/mol. The van der Waals surface area contributed by atoms with Gasteiger partial charge in [0.1, 0.15) is 0 Å². The van der Waals surface area contributed by atoms with Gasteiger partial charge in [-0.1, -0.05) is 6.07 Å². The molecule has 1 N–H and O–H groups in total. The van der Waals surface area contributed by atoms with Crippen LogP contribution in [-0.4, -0.2) is 28.8 Å². The van der Waals surface area contributed by atoms with E-state index in [1.807, 2.05) is 24.4 Å². The Morgan fingerprint density at radius 2 is 2.36 bits per heavy atom. The van der Waals surface area contributed by atoms with Crippen LogP contribution in [0.4, 0.5) is 0 Å². The van der Waals surface area contributed by atoms with E-state index in [-0.39, 0.29) is 0 Å². The van der Waals surface area contributed by atoms with Gasteiger partial charge in [-0.3, -0.25) is 10.4 Å². The molecular formula is C11H15N3. The van der Waals surface area contributed by atoms with Crippen LogP contribution in [0.25, 0.3) is 0 Å². The smallest absolute Gasteiger partial charge is 0.0958 e. The van der Waals surface area contributed by atoms with Crippen LogP contribution in [0.15, 0.2) is 24.4 Å². The maximum atomic E-state index is 7.68. The van der Waals surface area contributed by atoms with Gasteiger partial charge in [-0.2, -0.15) is 0 Å². The van der Waals surface area contributed by atoms with Gasteiger partial charge < -0.3 is 4.90 Å². The molecule has 1 aromatic heterocycles. The number of hydrogen-bond acceptors (Lipinski definition) is 2. The van der Waals surface area contributed by atoms with Crippen molar-refractivity contribution in [2.75, 3.05) is 13.1 Å². The van der Waals surface area contributed by atoms with Crippen LogP contribution in [0.1, 0.15) is 18.5 Å². The molecule has 0 radical (unpaired) electrons. The van der Waals surface area contributed by atoms with Gasteiger partial charge in [0, 0.05) is 37.8 Å². The fourth-order valence-electron chi connectivity index (χ4n) is 1.77. The first kappa shape index (κ1) is 9.19. The summed E-state index contributed by atoms with van der Waals surface area (Å²) in [5.74, 6) is 0.793. The quantitative estimate of drug-likeness (QED) is 0.786. The molecule has 0 atom stereocenters. The first-order valence-electron chi connectivity index (χ1n) is 5.08. The molecule has 0 unspecified atom stereocenters. The van der Waals surface area contributed by atoms with E-state index in [0.717, 1.165) is 43.9 Å². The molecule has 3 nitrogen and oxygen atoms in total. The second-order valence-corrected chi connectivity index (χ2v) is 3.61. The summed E-state index contributed by atoms with van der Waals surface area (Å²) in [6, 6.07) is 5.98. The molecule has 0 amide bonds. The van der Waals surface area contributed by atoms with Crippen molar-refractivity contribution >= 4 is 5.84 Å². The first-order valence-corrected chi connectivity index (χ1v) is 5.08. The van der Waals surface area contributed by atoms with Gasteiger partial charge in [-0.15, -0.1) is 0 Å². The summed E-state index contributed by atoms with van der Waals surface area (Å²) >= 11 is 0. The highest BCUT2D eigenvalue weighted by molar-refractivity contribution is 5.80. The number of amidine groups is 1. The Labute approximate surface area is 84.3 Å². The van der Waals surface area contributed by atoms with Crippen LogP contribution < -0.4 is 0 Å². The normalized spacial score (nSPS) is 16.3. The molecule has 1 saturated heterocycles. The minimum Gasteiger partial charge on any atom is -0.360 e. The summed E-state index contributed by atoms with van der Waals surface area (Å²) < 4.78 is 0. The Bertz CT molecular complexity index is 308. The molecule has 74 valence electrons. The molecule has 0 spiro atoms. The fourth-order valence-corrected chi connectivity index (χ4v) is 1.77. The van der Waals surface area contributed by atoms with Gasteiger partial charge >= 0.3 is 0 Å². The third kappa shape index (κ3) is 2.10. The fraction of sp³-hybridized carbons (Fsp3) is 0.455. The molecular weight excluding hydrogens is 174 g/mol. The van der Waals surface area contributed by atoms with Gasteiger partial charge in [0.05, 0.1) is 5.84 Å². The van der Waals surface area contributed by atoms with Crippen molar-refractivity contribution in [2.45, 2.75) is 19.3 Å². The van der Waals surface area contributed by atoms with Gasteiger partial charge in [0.2, 0.25) is 0 Å². The van der Waals surface area contributed by atoms with Gasteiger partial charge in [-0.05, 0) is 18.6 Å². The van der Waals surface area contributed by atoms with Crippen molar-refractivity contribution in [3.63, 3.8) is 0 Å². The zero-order chi connectivity index (χ0) is 9.80. The third-order valence-corrected chi connectivity index (χ3v) is 2.59. The van der Waals surface area contributed by atoms with Crippen molar-refractivity contribution in [1.82, 2.24) is 9.88 Å². The van der Waals surface area contributed by atoms with Crippen LogP contribution in [-0.2, 0) is 6.42 Å². The number of nitrogens with zero attached hydrogens (tertiary/aromatic N) is 2. The Hall–Kier alpha value is -1.38. The van der Waals surface area contributed by atoms with Crippen molar-refractivity contribution in [3.8, 4) is 0 Å². The minimum absolute atomic E-state index is 0.793. The monoisotopic (exact) mass is 189 g/mol. The second-order valence-electron chi connectivity index (χ2n) is 3.61. The topological polar surface area (TPSA) is 40.0 Å². The Kier molecular flexibility index (Phi) is 2.77. The summed E-state index contributed by atoms with van der Waals surface area (Å²) in [5, 5.41) is 7.68. The summed E-state index contributed by atoms with van der Waals surface area (Å²) in [5.41, 5.74) is 1.12.